The largest absolute Gasteiger partial charge is 0.479 e. The number of carbonyl (C=O) groups is 2. The molecule has 1 atom stereocenters. The minimum absolute atomic E-state index is 0.106. The summed E-state index contributed by atoms with van der Waals surface area (Å²) in [5.41, 5.74) is -0.314. The number of nitrogens with zero attached hydrogens (tertiary/aromatic N) is 2. The first-order chi connectivity index (χ1) is 10.4. The van der Waals surface area contributed by atoms with Gasteiger partial charge in [0.2, 0.25) is 5.91 Å². The molecule has 0 aliphatic carbocycles. The maximum absolute atomic E-state index is 11.8. The Morgan fingerprint density at radius 3 is 2.55 bits per heavy atom. The quantitative estimate of drug-likeness (QED) is 0.715. The molecule has 0 bridgehead atoms. The predicted molar refractivity (Wildman–Crippen MR) is 78.5 cm³/mol. The van der Waals surface area contributed by atoms with Crippen LogP contribution in [-0.2, 0) is 16.0 Å². The first-order valence-electron chi connectivity index (χ1n) is 6.70. The lowest BCUT2D eigenvalue weighted by molar-refractivity contribution is -0.156. The SMILES string of the molecule is CC(O)(CNC(=O)Cc1ccc(-n2cccn2)cc1)C(=O)O. The van der Waals surface area contributed by atoms with E-state index in [0.29, 0.717) is 0 Å². The van der Waals surface area contributed by atoms with Crippen molar-refractivity contribution in [3.63, 3.8) is 0 Å². The lowest BCUT2D eigenvalue weighted by Crippen LogP contribution is -2.46. The van der Waals surface area contributed by atoms with Crippen LogP contribution in [0.1, 0.15) is 12.5 Å². The molecule has 0 fully saturated rings. The second-order valence-corrected chi connectivity index (χ2v) is 5.15. The average molecular weight is 303 g/mol. The van der Waals surface area contributed by atoms with E-state index in [4.69, 9.17) is 5.11 Å². The molecule has 0 aliphatic heterocycles. The fourth-order valence-corrected chi connectivity index (χ4v) is 1.78. The van der Waals surface area contributed by atoms with Crippen LogP contribution < -0.4 is 5.32 Å². The molecule has 7 nitrogen and oxygen atoms in total. The zero-order valence-corrected chi connectivity index (χ0v) is 12.1. The topological polar surface area (TPSA) is 104 Å². The molecular weight excluding hydrogens is 286 g/mol. The summed E-state index contributed by atoms with van der Waals surface area (Å²) in [5.74, 6) is -1.73. The zero-order valence-electron chi connectivity index (χ0n) is 12.1. The first-order valence-corrected chi connectivity index (χ1v) is 6.70. The molecule has 0 spiro atoms. The number of benzene rings is 1. The van der Waals surface area contributed by atoms with Gasteiger partial charge in [0.25, 0.3) is 0 Å². The van der Waals surface area contributed by atoms with Crippen molar-refractivity contribution in [3.8, 4) is 5.69 Å². The number of hydrogen-bond acceptors (Lipinski definition) is 4. The van der Waals surface area contributed by atoms with Gasteiger partial charge in [0.15, 0.2) is 5.60 Å². The second-order valence-electron chi connectivity index (χ2n) is 5.15. The molecule has 3 N–H and O–H groups in total. The van der Waals surface area contributed by atoms with Crippen molar-refractivity contribution in [2.24, 2.45) is 0 Å². The summed E-state index contributed by atoms with van der Waals surface area (Å²) in [6.07, 6.45) is 3.60. The van der Waals surface area contributed by atoms with Gasteiger partial charge in [-0.15, -0.1) is 0 Å². The van der Waals surface area contributed by atoms with Gasteiger partial charge in [0.05, 0.1) is 18.7 Å². The molecule has 0 aliphatic rings. The van der Waals surface area contributed by atoms with Gasteiger partial charge in [0.1, 0.15) is 0 Å². The monoisotopic (exact) mass is 303 g/mol. The van der Waals surface area contributed by atoms with E-state index in [0.717, 1.165) is 18.2 Å². The Hall–Kier alpha value is -2.67. The van der Waals surface area contributed by atoms with Crippen molar-refractivity contribution < 1.29 is 19.8 Å². The highest BCUT2D eigenvalue weighted by Gasteiger charge is 2.30. The smallest absolute Gasteiger partial charge is 0.337 e. The molecule has 7 heteroatoms. The zero-order chi connectivity index (χ0) is 16.2. The Morgan fingerprint density at radius 1 is 1.32 bits per heavy atom. The molecule has 1 aromatic heterocycles. The molecule has 0 radical (unpaired) electrons. The van der Waals surface area contributed by atoms with Gasteiger partial charge >= 0.3 is 5.97 Å². The van der Waals surface area contributed by atoms with Crippen LogP contribution in [0.25, 0.3) is 5.69 Å². The lowest BCUT2D eigenvalue weighted by atomic mass is 10.1. The fraction of sp³-hybridized carbons (Fsp3) is 0.267. The lowest BCUT2D eigenvalue weighted by Gasteiger charge is -2.18. The van der Waals surface area contributed by atoms with E-state index in [1.165, 1.54) is 0 Å². The number of aliphatic carboxylic acids is 1. The average Bonchev–Trinajstić information content (AvgIpc) is 3.00. The Labute approximate surface area is 127 Å². The Morgan fingerprint density at radius 2 is 2.00 bits per heavy atom. The van der Waals surface area contributed by atoms with Gasteiger partial charge in [-0.25, -0.2) is 9.48 Å². The van der Waals surface area contributed by atoms with Crippen molar-refractivity contribution >= 4 is 11.9 Å². The standard InChI is InChI=1S/C15H17N3O4/c1-15(22,14(20)21)10-16-13(19)9-11-3-5-12(6-4-11)18-8-2-7-17-18/h2-8,22H,9-10H2,1H3,(H,16,19)(H,20,21). The van der Waals surface area contributed by atoms with Gasteiger partial charge < -0.3 is 15.5 Å². The van der Waals surface area contributed by atoms with Crippen molar-refractivity contribution in [2.75, 3.05) is 6.54 Å². The number of aromatic nitrogens is 2. The number of amides is 1. The van der Waals surface area contributed by atoms with Gasteiger partial charge in [-0.3, -0.25) is 4.79 Å². The maximum Gasteiger partial charge on any atom is 0.337 e. The van der Waals surface area contributed by atoms with Gasteiger partial charge in [-0.05, 0) is 30.7 Å². The number of aliphatic hydroxyl groups is 1. The van der Waals surface area contributed by atoms with Gasteiger partial charge in [-0.2, -0.15) is 5.10 Å². The summed E-state index contributed by atoms with van der Waals surface area (Å²) in [6, 6.07) is 9.08. The molecule has 2 aromatic rings. The first kappa shape index (κ1) is 15.7. The molecule has 1 aromatic carbocycles. The van der Waals surface area contributed by atoms with Crippen LogP contribution in [-0.4, -0.2) is 44.0 Å². The molecule has 1 amide bonds. The number of nitrogens with one attached hydrogen (secondary N) is 1. The molecule has 22 heavy (non-hydrogen) atoms. The van der Waals surface area contributed by atoms with Crippen LogP contribution in [0.4, 0.5) is 0 Å². The Kier molecular flexibility index (Phi) is 4.57. The molecule has 116 valence electrons. The van der Waals surface area contributed by atoms with E-state index >= 15 is 0 Å². The fourth-order valence-electron chi connectivity index (χ4n) is 1.78. The molecule has 0 saturated heterocycles. The van der Waals surface area contributed by atoms with E-state index in [9.17, 15) is 14.7 Å². The molecular formula is C15H17N3O4. The number of rotatable bonds is 6. The molecule has 1 unspecified atom stereocenters. The Bertz CT molecular complexity index is 648. The van der Waals surface area contributed by atoms with Gasteiger partial charge in [-0.1, -0.05) is 12.1 Å². The summed E-state index contributed by atoms with van der Waals surface area (Å²) in [7, 11) is 0. The molecule has 0 saturated carbocycles. The van der Waals surface area contributed by atoms with E-state index in [1.54, 1.807) is 23.0 Å². The van der Waals surface area contributed by atoms with E-state index in [2.05, 4.69) is 10.4 Å². The third-order valence-corrected chi connectivity index (χ3v) is 3.16. The summed E-state index contributed by atoms with van der Waals surface area (Å²) >= 11 is 0. The number of carboxylic acid groups (broad SMARTS) is 1. The highest BCUT2D eigenvalue weighted by atomic mass is 16.4. The third-order valence-electron chi connectivity index (χ3n) is 3.16. The van der Waals surface area contributed by atoms with E-state index < -0.39 is 11.6 Å². The van der Waals surface area contributed by atoms with Crippen molar-refractivity contribution in [3.05, 3.63) is 48.3 Å². The highest BCUT2D eigenvalue weighted by molar-refractivity contribution is 5.81. The van der Waals surface area contributed by atoms with Crippen LogP contribution in [0, 0.1) is 0 Å². The van der Waals surface area contributed by atoms with E-state index in [-0.39, 0.29) is 18.9 Å². The van der Waals surface area contributed by atoms with Crippen LogP contribution in [0.2, 0.25) is 0 Å². The van der Waals surface area contributed by atoms with Crippen LogP contribution in [0.15, 0.2) is 42.7 Å². The highest BCUT2D eigenvalue weighted by Crippen LogP contribution is 2.09. The maximum atomic E-state index is 11.8. The number of carboxylic acids is 1. The van der Waals surface area contributed by atoms with Crippen molar-refractivity contribution in [1.82, 2.24) is 15.1 Å². The summed E-state index contributed by atoms with van der Waals surface area (Å²) in [6.45, 7) is 0.793. The second kappa shape index (κ2) is 6.40. The molecule has 2 rings (SSSR count). The van der Waals surface area contributed by atoms with Crippen LogP contribution in [0.3, 0.4) is 0 Å². The predicted octanol–water partition coefficient (Wildman–Crippen LogP) is 0.367. The number of carbonyl (C=O) groups excluding carboxylic acids is 1. The normalized spacial score (nSPS) is 13.4. The molecule has 1 heterocycles. The van der Waals surface area contributed by atoms with Crippen LogP contribution >= 0.6 is 0 Å². The summed E-state index contributed by atoms with van der Waals surface area (Å²) in [5, 5.41) is 24.8. The summed E-state index contributed by atoms with van der Waals surface area (Å²) in [4.78, 5) is 22.5. The minimum atomic E-state index is -1.97. The third kappa shape index (κ3) is 3.92. The van der Waals surface area contributed by atoms with Crippen molar-refractivity contribution in [1.29, 1.82) is 0 Å². The summed E-state index contributed by atoms with van der Waals surface area (Å²) < 4.78 is 1.70. The van der Waals surface area contributed by atoms with Gasteiger partial charge in [0, 0.05) is 12.4 Å². The van der Waals surface area contributed by atoms with Crippen molar-refractivity contribution in [2.45, 2.75) is 18.9 Å². The van der Waals surface area contributed by atoms with E-state index in [1.807, 2.05) is 24.4 Å². The minimum Gasteiger partial charge on any atom is -0.479 e. The number of hydrogen-bond donors (Lipinski definition) is 3. The van der Waals surface area contributed by atoms with Crippen LogP contribution in [0.5, 0.6) is 0 Å². The Balaban J connectivity index is 1.91.